The van der Waals surface area contributed by atoms with Crippen molar-refractivity contribution >= 4 is 51.2 Å². The molecule has 1 N–H and O–H groups in total. The molecule has 3 fully saturated rings. The Balaban J connectivity index is 1.81. The van der Waals surface area contributed by atoms with Crippen molar-refractivity contribution in [1.82, 2.24) is 4.90 Å². The minimum absolute atomic E-state index is 0.0521. The van der Waals surface area contributed by atoms with Crippen LogP contribution >= 0.6 is 27.7 Å². The van der Waals surface area contributed by atoms with E-state index in [9.17, 15) is 19.5 Å². The van der Waals surface area contributed by atoms with Crippen molar-refractivity contribution in [1.29, 1.82) is 0 Å². The highest BCUT2D eigenvalue weighted by molar-refractivity contribution is 9.09. The van der Waals surface area contributed by atoms with Crippen molar-refractivity contribution in [2.24, 2.45) is 17.8 Å². The molecule has 1 aromatic rings. The number of unbranched alkanes of at least 4 members (excludes halogenated alkanes) is 1. The molecule has 1 spiro atoms. The number of halogens is 1. The molecule has 2 bridgehead atoms. The Labute approximate surface area is 256 Å². The van der Waals surface area contributed by atoms with Crippen molar-refractivity contribution in [3.63, 3.8) is 0 Å². The number of carbonyl (C=O) groups is 3. The topological polar surface area (TPSA) is 87.2 Å². The van der Waals surface area contributed by atoms with Crippen LogP contribution in [0.3, 0.4) is 0 Å². The first kappa shape index (κ1) is 31.8. The van der Waals surface area contributed by atoms with E-state index in [1.807, 2.05) is 45.9 Å². The summed E-state index contributed by atoms with van der Waals surface area (Å²) in [6, 6.07) is 4.60. The Hall–Kier alpha value is -2.10. The fourth-order valence-electron chi connectivity index (χ4n) is 6.92. The Kier molecular flexibility index (Phi) is 10.1. The summed E-state index contributed by atoms with van der Waals surface area (Å²) in [6.07, 6.45) is 6.00. The number of aliphatic hydroxyl groups is 1. The molecule has 1 aromatic carbocycles. The molecule has 7 nitrogen and oxygen atoms in total. The quantitative estimate of drug-likeness (QED) is 0.137. The summed E-state index contributed by atoms with van der Waals surface area (Å²) in [5.41, 5.74) is 2.74. The summed E-state index contributed by atoms with van der Waals surface area (Å²) in [5.74, 6) is -1.99. The number of esters is 1. The van der Waals surface area contributed by atoms with Crippen LogP contribution in [0.4, 0.5) is 5.69 Å². The second kappa shape index (κ2) is 13.0. The maximum atomic E-state index is 14.9. The third-order valence-electron chi connectivity index (χ3n) is 8.61. The molecule has 7 atom stereocenters. The van der Waals surface area contributed by atoms with Gasteiger partial charge in [-0.15, -0.1) is 24.9 Å². The summed E-state index contributed by atoms with van der Waals surface area (Å²) in [7, 11) is 0. The van der Waals surface area contributed by atoms with Crippen LogP contribution in [-0.2, 0) is 19.1 Å². The summed E-state index contributed by atoms with van der Waals surface area (Å²) in [4.78, 5) is 46.2. The summed E-state index contributed by atoms with van der Waals surface area (Å²) >= 11 is 5.40. The number of thioether (sulfide) groups is 1. The first-order valence-corrected chi connectivity index (χ1v) is 16.3. The molecule has 4 rings (SSSR count). The van der Waals surface area contributed by atoms with Gasteiger partial charge >= 0.3 is 5.97 Å². The highest BCUT2D eigenvalue weighted by atomic mass is 79.9. The second-order valence-electron chi connectivity index (χ2n) is 12.0. The number of nitrogens with zero attached hydrogens (tertiary/aromatic N) is 2. The summed E-state index contributed by atoms with van der Waals surface area (Å²) in [6.45, 7) is 15.9. The molecule has 9 heteroatoms. The minimum atomic E-state index is -0.843. The lowest BCUT2D eigenvalue weighted by Crippen LogP contribution is -2.58. The number of aryl methyl sites for hydroxylation is 2. The van der Waals surface area contributed by atoms with E-state index in [0.29, 0.717) is 19.3 Å². The number of aliphatic hydroxyl groups excluding tert-OH is 1. The van der Waals surface area contributed by atoms with Gasteiger partial charge in [-0.3, -0.25) is 14.4 Å². The van der Waals surface area contributed by atoms with Crippen LogP contribution in [-0.4, -0.2) is 74.5 Å². The molecular formula is C32H43BrN2O5S. The highest BCUT2D eigenvalue weighted by Gasteiger charge is 2.76. The Morgan fingerprint density at radius 2 is 2.02 bits per heavy atom. The normalized spacial score (nSPS) is 29.0. The first-order valence-electron chi connectivity index (χ1n) is 14.5. The highest BCUT2D eigenvalue weighted by Crippen LogP contribution is 2.68. The number of alkyl halides is 1. The molecule has 3 heterocycles. The van der Waals surface area contributed by atoms with E-state index >= 15 is 0 Å². The number of likely N-dealkylation sites (tertiary alicyclic amines) is 1. The van der Waals surface area contributed by atoms with Crippen molar-refractivity contribution < 1.29 is 24.2 Å². The van der Waals surface area contributed by atoms with Gasteiger partial charge in [0.15, 0.2) is 0 Å². The first-order chi connectivity index (χ1) is 19.5. The predicted octanol–water partition coefficient (Wildman–Crippen LogP) is 5.20. The molecular weight excluding hydrogens is 604 g/mol. The molecule has 3 saturated heterocycles. The van der Waals surface area contributed by atoms with Crippen LogP contribution in [0, 0.1) is 31.6 Å². The summed E-state index contributed by atoms with van der Waals surface area (Å²) in [5, 5.41) is 10.4. The van der Waals surface area contributed by atoms with Gasteiger partial charge in [0.2, 0.25) is 5.91 Å². The number of hydrogen-bond acceptors (Lipinski definition) is 6. The predicted molar refractivity (Wildman–Crippen MR) is 168 cm³/mol. The molecule has 224 valence electrons. The van der Waals surface area contributed by atoms with Crippen LogP contribution in [0.1, 0.15) is 50.7 Å². The zero-order valence-corrected chi connectivity index (χ0v) is 27.0. The van der Waals surface area contributed by atoms with E-state index in [2.05, 4.69) is 29.1 Å². The number of carbonyl (C=O) groups excluding carboxylic acids is 3. The third kappa shape index (κ3) is 5.78. The third-order valence-corrected chi connectivity index (χ3v) is 11.8. The standard InChI is InChI=1S/C32H43BrN2O5S/c1-7-9-10-14-40-31(39)25-26-29(37)35(22(18-36)15-19(3)4)28(32(26)17-23(33)27(25)41-32)30(38)34(13-8-2)24-16-20(5)11-12-21(24)6/h7-8,11-12,16,19,22-23,25-28,36H,1-2,9-10,13-15,17-18H2,3-6H3/t22-,23?,25-,26+,27-,28?,32?/m1/s1. The van der Waals surface area contributed by atoms with Gasteiger partial charge in [-0.2, -0.15) is 0 Å². The molecule has 2 amide bonds. The fourth-order valence-corrected chi connectivity index (χ4v) is 10.5. The van der Waals surface area contributed by atoms with Gasteiger partial charge < -0.3 is 19.6 Å². The average Bonchev–Trinajstić information content (AvgIpc) is 3.52. The molecule has 0 aliphatic carbocycles. The van der Waals surface area contributed by atoms with Gasteiger partial charge in [0.05, 0.1) is 35.8 Å². The number of allylic oxidation sites excluding steroid dienone is 1. The van der Waals surface area contributed by atoms with Crippen LogP contribution in [0.5, 0.6) is 0 Å². The molecule has 3 unspecified atom stereocenters. The largest absolute Gasteiger partial charge is 0.465 e. The van der Waals surface area contributed by atoms with E-state index in [-0.39, 0.29) is 53.5 Å². The monoisotopic (exact) mass is 646 g/mol. The number of ether oxygens (including phenoxy) is 1. The SMILES string of the molecule is C=CCCCOC(=O)[C@H]1[C@@H]2SC3(CC2Br)C(C(=O)N(CC=C)c2cc(C)ccc2C)N([C@@H](CO)CC(C)C)C(=O)[C@H]13. The smallest absolute Gasteiger partial charge is 0.310 e. The van der Waals surface area contributed by atoms with Gasteiger partial charge in [-0.25, -0.2) is 0 Å². The van der Waals surface area contributed by atoms with E-state index in [1.54, 1.807) is 33.7 Å². The molecule has 3 aliphatic heterocycles. The number of hydrogen-bond donors (Lipinski definition) is 1. The zero-order valence-electron chi connectivity index (χ0n) is 24.6. The number of anilines is 1. The zero-order chi connectivity index (χ0) is 30.1. The van der Waals surface area contributed by atoms with Crippen LogP contribution < -0.4 is 4.90 Å². The lowest BCUT2D eigenvalue weighted by molar-refractivity contribution is -0.154. The molecule has 0 aromatic heterocycles. The maximum absolute atomic E-state index is 14.9. The Bertz CT molecular complexity index is 1190. The van der Waals surface area contributed by atoms with Gasteiger partial charge in [0.25, 0.3) is 5.91 Å². The lowest BCUT2D eigenvalue weighted by atomic mass is 9.71. The Morgan fingerprint density at radius 1 is 1.29 bits per heavy atom. The molecule has 41 heavy (non-hydrogen) atoms. The van der Waals surface area contributed by atoms with E-state index in [0.717, 1.165) is 23.2 Å². The van der Waals surface area contributed by atoms with Crippen molar-refractivity contribution in [3.05, 3.63) is 54.6 Å². The van der Waals surface area contributed by atoms with Crippen LogP contribution in [0.2, 0.25) is 0 Å². The molecule has 0 saturated carbocycles. The minimum Gasteiger partial charge on any atom is -0.465 e. The van der Waals surface area contributed by atoms with Gasteiger partial charge in [0, 0.05) is 22.3 Å². The number of benzene rings is 1. The average molecular weight is 648 g/mol. The maximum Gasteiger partial charge on any atom is 0.310 e. The van der Waals surface area contributed by atoms with Crippen LogP contribution in [0.15, 0.2) is 43.5 Å². The van der Waals surface area contributed by atoms with Crippen LogP contribution in [0.25, 0.3) is 0 Å². The van der Waals surface area contributed by atoms with E-state index in [4.69, 9.17) is 4.74 Å². The fraction of sp³-hybridized carbons (Fsp3) is 0.594. The van der Waals surface area contributed by atoms with Crippen molar-refractivity contribution in [2.75, 3.05) is 24.7 Å². The summed E-state index contributed by atoms with van der Waals surface area (Å²) < 4.78 is 4.88. The van der Waals surface area contributed by atoms with Gasteiger partial charge in [-0.05, 0) is 62.6 Å². The van der Waals surface area contributed by atoms with Crippen molar-refractivity contribution in [2.45, 2.75) is 80.3 Å². The lowest BCUT2D eigenvalue weighted by Gasteiger charge is -2.40. The van der Waals surface area contributed by atoms with E-state index in [1.165, 1.54) is 0 Å². The molecule has 0 radical (unpaired) electrons. The second-order valence-corrected chi connectivity index (χ2v) is 14.7. The van der Waals surface area contributed by atoms with Crippen molar-refractivity contribution in [3.8, 4) is 0 Å². The van der Waals surface area contributed by atoms with Gasteiger partial charge in [-0.1, -0.05) is 54.1 Å². The number of rotatable bonds is 13. The van der Waals surface area contributed by atoms with Gasteiger partial charge in [0.1, 0.15) is 6.04 Å². The van der Waals surface area contributed by atoms with E-state index < -0.39 is 28.7 Å². The number of amides is 2. The Morgan fingerprint density at radius 3 is 2.66 bits per heavy atom. The molecule has 3 aliphatic rings. The number of fused-ring (bicyclic) bond motifs is 1.